The number of nitrogen functional groups attached to an aromatic ring is 1. The van der Waals surface area contributed by atoms with Crippen LogP contribution in [0.15, 0.2) is 66.7 Å². The Kier molecular flexibility index (Phi) is 5.73. The Morgan fingerprint density at radius 3 is 2.41 bits per heavy atom. The molecule has 0 aliphatic rings. The normalized spacial score (nSPS) is 11.4. The molecule has 5 rings (SSSR count). The van der Waals surface area contributed by atoms with Crippen molar-refractivity contribution in [2.75, 3.05) is 26.6 Å². The molecule has 172 valence electrons. The number of hydrogen-bond donors (Lipinski definition) is 1. The van der Waals surface area contributed by atoms with Crippen molar-refractivity contribution in [3.63, 3.8) is 0 Å². The van der Waals surface area contributed by atoms with Crippen molar-refractivity contribution in [2.45, 2.75) is 13.1 Å². The van der Waals surface area contributed by atoms with Gasteiger partial charge >= 0.3 is 5.97 Å². The van der Waals surface area contributed by atoms with E-state index in [1.54, 1.807) is 19.2 Å². The number of carbonyl (C=O) groups excluding carboxylic acids is 1. The molecule has 0 spiro atoms. The first kappa shape index (κ1) is 21.7. The summed E-state index contributed by atoms with van der Waals surface area (Å²) in [6, 6.07) is 21.6. The summed E-state index contributed by atoms with van der Waals surface area (Å²) in [6.07, 6.45) is 0. The van der Waals surface area contributed by atoms with Crippen molar-refractivity contribution in [1.29, 1.82) is 0 Å². The molecule has 0 amide bonds. The van der Waals surface area contributed by atoms with Gasteiger partial charge in [-0.15, -0.1) is 0 Å². The van der Waals surface area contributed by atoms with Gasteiger partial charge in [-0.1, -0.05) is 30.3 Å². The lowest BCUT2D eigenvalue weighted by atomic mass is 10.1. The Labute approximate surface area is 196 Å². The topological polar surface area (TPSA) is 97.2 Å². The number of nitrogens with zero attached hydrogens (tertiary/aromatic N) is 4. The number of carbonyl (C=O) groups is 1. The van der Waals surface area contributed by atoms with Gasteiger partial charge in [0.1, 0.15) is 5.82 Å². The van der Waals surface area contributed by atoms with Crippen LogP contribution in [0.5, 0.6) is 0 Å². The van der Waals surface area contributed by atoms with Crippen molar-refractivity contribution in [1.82, 2.24) is 19.1 Å². The monoisotopic (exact) mass is 455 g/mol. The fourth-order valence-electron chi connectivity index (χ4n) is 4.22. The number of aromatic nitrogens is 4. The lowest BCUT2D eigenvalue weighted by Crippen LogP contribution is -2.06. The summed E-state index contributed by atoms with van der Waals surface area (Å²) < 4.78 is 14.3. The summed E-state index contributed by atoms with van der Waals surface area (Å²) in [5.74, 6) is 0.842. The van der Waals surface area contributed by atoms with E-state index < -0.39 is 5.97 Å². The molecule has 5 aromatic rings. The fourth-order valence-corrected chi connectivity index (χ4v) is 4.22. The summed E-state index contributed by atoms with van der Waals surface area (Å²) in [4.78, 5) is 21.5. The molecule has 0 fully saturated rings. The Morgan fingerprint density at radius 1 is 0.912 bits per heavy atom. The van der Waals surface area contributed by atoms with Crippen LogP contribution < -0.4 is 5.73 Å². The first-order valence-electron chi connectivity index (χ1n) is 11.0. The highest BCUT2D eigenvalue weighted by Crippen LogP contribution is 2.29. The Hall–Kier alpha value is -4.17. The largest absolute Gasteiger partial charge is 0.465 e. The van der Waals surface area contributed by atoms with Gasteiger partial charge in [-0.05, 0) is 42.0 Å². The number of imidazole rings is 2. The van der Waals surface area contributed by atoms with Crippen LogP contribution in [-0.2, 0) is 22.6 Å². The van der Waals surface area contributed by atoms with E-state index in [1.165, 1.54) is 7.11 Å². The molecule has 0 saturated heterocycles. The number of esters is 1. The number of ether oxygens (including phenoxy) is 2. The number of hydrogen-bond acceptors (Lipinski definition) is 6. The zero-order chi connectivity index (χ0) is 23.7. The molecular weight excluding hydrogens is 430 g/mol. The van der Waals surface area contributed by atoms with E-state index in [0.717, 1.165) is 33.5 Å². The third-order valence-corrected chi connectivity index (χ3v) is 5.91. The molecule has 2 aromatic heterocycles. The van der Waals surface area contributed by atoms with E-state index in [-0.39, 0.29) is 0 Å². The summed E-state index contributed by atoms with van der Waals surface area (Å²) >= 11 is 0. The predicted octanol–water partition coefficient (Wildman–Crippen LogP) is 4.12. The van der Waals surface area contributed by atoms with Gasteiger partial charge in [-0.2, -0.15) is 0 Å². The standard InChI is InChI=1S/C26H25N5O3/c1-33-13-12-30-22-11-9-19(25(32)34-2)15-20(22)28-24(30)18-8-10-23-21(14-18)29-26(27)31(23)16-17-6-4-3-5-7-17/h3-11,14-15H,12-13,16H2,1-2H3,(H2,27,29). The maximum absolute atomic E-state index is 12.0. The lowest BCUT2D eigenvalue weighted by Gasteiger charge is -2.10. The molecule has 0 aliphatic carbocycles. The summed E-state index contributed by atoms with van der Waals surface area (Å²) in [5, 5.41) is 0. The van der Waals surface area contributed by atoms with Crippen LogP contribution in [0, 0.1) is 0 Å². The second kappa shape index (κ2) is 8.99. The van der Waals surface area contributed by atoms with Crippen LogP contribution in [0.25, 0.3) is 33.5 Å². The highest BCUT2D eigenvalue weighted by molar-refractivity contribution is 5.94. The second-order valence-corrected chi connectivity index (χ2v) is 8.02. The highest BCUT2D eigenvalue weighted by atomic mass is 16.5. The molecular formula is C26H25N5O3. The fraction of sp³-hybridized carbons (Fsp3) is 0.192. The molecule has 0 aliphatic heterocycles. The van der Waals surface area contributed by atoms with Crippen LogP contribution >= 0.6 is 0 Å². The molecule has 0 atom stereocenters. The molecule has 8 nitrogen and oxygen atoms in total. The third kappa shape index (κ3) is 3.88. The van der Waals surface area contributed by atoms with E-state index in [1.807, 2.05) is 47.0 Å². The Morgan fingerprint density at radius 2 is 1.65 bits per heavy atom. The second-order valence-electron chi connectivity index (χ2n) is 8.02. The van der Waals surface area contributed by atoms with Gasteiger partial charge in [-0.3, -0.25) is 0 Å². The zero-order valence-corrected chi connectivity index (χ0v) is 19.1. The van der Waals surface area contributed by atoms with E-state index in [4.69, 9.17) is 20.2 Å². The number of methoxy groups -OCH3 is 2. The van der Waals surface area contributed by atoms with Gasteiger partial charge in [0.2, 0.25) is 5.95 Å². The van der Waals surface area contributed by atoms with Crippen LogP contribution in [0.2, 0.25) is 0 Å². The van der Waals surface area contributed by atoms with Gasteiger partial charge < -0.3 is 24.3 Å². The van der Waals surface area contributed by atoms with Crippen molar-refractivity contribution < 1.29 is 14.3 Å². The van der Waals surface area contributed by atoms with Crippen LogP contribution in [0.1, 0.15) is 15.9 Å². The Bertz CT molecular complexity index is 1490. The summed E-state index contributed by atoms with van der Waals surface area (Å²) in [6.45, 7) is 1.78. The molecule has 2 heterocycles. The minimum absolute atomic E-state index is 0.393. The van der Waals surface area contributed by atoms with Crippen LogP contribution in [-0.4, -0.2) is 45.9 Å². The number of anilines is 1. The zero-order valence-electron chi connectivity index (χ0n) is 19.1. The number of benzene rings is 3. The van der Waals surface area contributed by atoms with Crippen molar-refractivity contribution >= 4 is 34.0 Å². The summed E-state index contributed by atoms with van der Waals surface area (Å²) in [5.41, 5.74) is 12.2. The molecule has 0 saturated carbocycles. The maximum atomic E-state index is 12.0. The first-order valence-corrected chi connectivity index (χ1v) is 11.0. The van der Waals surface area contributed by atoms with Crippen molar-refractivity contribution in [2.24, 2.45) is 0 Å². The minimum Gasteiger partial charge on any atom is -0.465 e. The van der Waals surface area contributed by atoms with E-state index in [9.17, 15) is 4.79 Å². The van der Waals surface area contributed by atoms with E-state index in [2.05, 4.69) is 21.7 Å². The SMILES string of the molecule is COCCn1c(-c2ccc3c(c2)nc(N)n3Cc2ccccc2)nc2cc(C(=O)OC)ccc21. The number of fused-ring (bicyclic) bond motifs is 2. The van der Waals surface area contributed by atoms with Gasteiger partial charge in [0.05, 0.1) is 47.9 Å². The van der Waals surface area contributed by atoms with E-state index in [0.29, 0.717) is 36.7 Å². The quantitative estimate of drug-likeness (QED) is 0.371. The molecule has 2 N–H and O–H groups in total. The smallest absolute Gasteiger partial charge is 0.337 e. The summed E-state index contributed by atoms with van der Waals surface area (Å²) in [7, 11) is 3.04. The number of rotatable bonds is 7. The lowest BCUT2D eigenvalue weighted by molar-refractivity contribution is 0.0601. The molecule has 34 heavy (non-hydrogen) atoms. The van der Waals surface area contributed by atoms with Gasteiger partial charge in [-0.25, -0.2) is 14.8 Å². The average Bonchev–Trinajstić information content (AvgIpc) is 3.38. The molecule has 0 unspecified atom stereocenters. The van der Waals surface area contributed by atoms with Gasteiger partial charge in [0.15, 0.2) is 0 Å². The number of nitrogens with two attached hydrogens (primary N) is 1. The average molecular weight is 456 g/mol. The third-order valence-electron chi connectivity index (χ3n) is 5.91. The predicted molar refractivity (Wildman–Crippen MR) is 132 cm³/mol. The molecule has 0 bridgehead atoms. The minimum atomic E-state index is -0.393. The molecule has 3 aromatic carbocycles. The first-order chi connectivity index (χ1) is 16.6. The van der Waals surface area contributed by atoms with Crippen molar-refractivity contribution in [3.8, 4) is 11.4 Å². The Balaban J connectivity index is 1.60. The van der Waals surface area contributed by atoms with Crippen LogP contribution in [0.3, 0.4) is 0 Å². The molecule has 8 heteroatoms. The van der Waals surface area contributed by atoms with Crippen molar-refractivity contribution in [3.05, 3.63) is 77.9 Å². The van der Waals surface area contributed by atoms with Gasteiger partial charge in [0.25, 0.3) is 0 Å². The van der Waals surface area contributed by atoms with Gasteiger partial charge in [0, 0.05) is 19.2 Å². The highest BCUT2D eigenvalue weighted by Gasteiger charge is 2.17. The maximum Gasteiger partial charge on any atom is 0.337 e. The van der Waals surface area contributed by atoms with E-state index >= 15 is 0 Å². The molecule has 0 radical (unpaired) electrons. The van der Waals surface area contributed by atoms with Crippen LogP contribution in [0.4, 0.5) is 5.95 Å².